The number of para-hydroxylation sites is 1. The molecule has 0 aliphatic carbocycles. The minimum atomic E-state index is -0.979. The minimum Gasteiger partial charge on any atom is -0.456 e. The number of amides is 1. The number of ketones is 1. The van der Waals surface area contributed by atoms with Crippen LogP contribution in [-0.2, 0) is 16.0 Å². The van der Waals surface area contributed by atoms with Crippen molar-refractivity contribution in [2.75, 3.05) is 6.61 Å². The number of Topliss-reactive ketones (excluding diaryl/α,β-unsaturated/α-hetero) is 1. The Balaban J connectivity index is 1.51. The molecule has 0 saturated heterocycles. The van der Waals surface area contributed by atoms with E-state index in [0.717, 1.165) is 25.4 Å². The third kappa shape index (κ3) is 5.81. The number of esters is 1. The smallest absolute Gasteiger partial charge is 0.329 e. The van der Waals surface area contributed by atoms with Crippen LogP contribution < -0.4 is 5.32 Å². The third-order valence-corrected chi connectivity index (χ3v) is 6.36. The average molecular weight is 584 g/mol. The molecule has 6 nitrogen and oxygen atoms in total. The number of aromatic amines is 1. The Hall–Kier alpha value is -3.23. The lowest BCUT2D eigenvalue weighted by Gasteiger charge is -2.18. The van der Waals surface area contributed by atoms with E-state index in [1.807, 2.05) is 30.5 Å². The molecule has 1 aromatic heterocycles. The average Bonchev–Trinajstić information content (AvgIpc) is 3.25. The summed E-state index contributed by atoms with van der Waals surface area (Å²) in [6.07, 6.45) is 2.02. The number of hydrogen-bond acceptors (Lipinski definition) is 4. The molecule has 4 rings (SSSR count). The Kier molecular flexibility index (Phi) is 7.59. The number of carbonyl (C=O) groups is 3. The first kappa shape index (κ1) is 23.9. The molecule has 1 atom stereocenters. The molecule has 0 saturated carbocycles. The summed E-state index contributed by atoms with van der Waals surface area (Å²) in [5.74, 6) is -1.42. The van der Waals surface area contributed by atoms with Crippen LogP contribution in [0.1, 0.15) is 26.3 Å². The van der Waals surface area contributed by atoms with E-state index in [0.29, 0.717) is 11.1 Å². The summed E-state index contributed by atoms with van der Waals surface area (Å²) in [7, 11) is 0. The summed E-state index contributed by atoms with van der Waals surface area (Å²) in [5, 5.41) is 3.71. The number of ether oxygens (including phenoxy) is 1. The van der Waals surface area contributed by atoms with Gasteiger partial charge in [0, 0.05) is 43.6 Å². The molecule has 3 aromatic carbocycles. The van der Waals surface area contributed by atoms with E-state index >= 15 is 0 Å². The number of halogens is 2. The van der Waals surface area contributed by atoms with Crippen molar-refractivity contribution in [3.8, 4) is 0 Å². The topological polar surface area (TPSA) is 88.3 Å². The fraction of sp³-hybridized carbons (Fsp3) is 0.115. The van der Waals surface area contributed by atoms with Crippen molar-refractivity contribution in [2.24, 2.45) is 0 Å². The number of nitrogens with one attached hydrogen (secondary N) is 2. The summed E-state index contributed by atoms with van der Waals surface area (Å²) in [4.78, 5) is 41.5. The maximum atomic E-state index is 13.0. The molecular formula is C26H20Br2N2O4. The molecule has 0 aliphatic rings. The Morgan fingerprint density at radius 2 is 1.47 bits per heavy atom. The van der Waals surface area contributed by atoms with Crippen molar-refractivity contribution in [2.45, 2.75) is 12.5 Å². The fourth-order valence-corrected chi connectivity index (χ4v) is 4.04. The van der Waals surface area contributed by atoms with Crippen LogP contribution in [0.5, 0.6) is 0 Å². The lowest BCUT2D eigenvalue weighted by Crippen LogP contribution is -2.43. The highest BCUT2D eigenvalue weighted by molar-refractivity contribution is 9.10. The predicted octanol–water partition coefficient (Wildman–Crippen LogP) is 5.46. The highest BCUT2D eigenvalue weighted by Gasteiger charge is 2.25. The largest absolute Gasteiger partial charge is 0.456 e. The normalized spacial score (nSPS) is 11.7. The van der Waals surface area contributed by atoms with E-state index in [1.165, 1.54) is 0 Å². The standard InChI is InChI=1S/C26H20Br2N2O4/c27-19-9-5-16(6-10-19)24(31)15-34-26(33)23(30-25(32)17-7-11-20(28)12-8-17)13-18-14-29-22-4-2-1-3-21(18)22/h1-12,14,23,29H,13,15H2,(H,30,32). The monoisotopic (exact) mass is 582 g/mol. The summed E-state index contributed by atoms with van der Waals surface area (Å²) in [6, 6.07) is 20.3. The van der Waals surface area contributed by atoms with Gasteiger partial charge in [-0.25, -0.2) is 4.79 Å². The van der Waals surface area contributed by atoms with E-state index in [-0.39, 0.29) is 12.2 Å². The molecule has 0 spiro atoms. The first-order valence-electron chi connectivity index (χ1n) is 10.5. The van der Waals surface area contributed by atoms with Gasteiger partial charge >= 0.3 is 5.97 Å². The Morgan fingerprint density at radius 3 is 2.15 bits per heavy atom. The highest BCUT2D eigenvalue weighted by Crippen LogP contribution is 2.20. The van der Waals surface area contributed by atoms with Crippen LogP contribution in [0.2, 0.25) is 0 Å². The van der Waals surface area contributed by atoms with Gasteiger partial charge in [0.15, 0.2) is 12.4 Å². The van der Waals surface area contributed by atoms with E-state index in [2.05, 4.69) is 42.2 Å². The molecule has 1 heterocycles. The van der Waals surface area contributed by atoms with Gasteiger partial charge in [-0.3, -0.25) is 9.59 Å². The first-order chi connectivity index (χ1) is 16.4. The van der Waals surface area contributed by atoms with Crippen LogP contribution in [0.3, 0.4) is 0 Å². The van der Waals surface area contributed by atoms with Crippen LogP contribution in [-0.4, -0.2) is 35.3 Å². The molecular weight excluding hydrogens is 564 g/mol. The quantitative estimate of drug-likeness (QED) is 0.213. The molecule has 0 radical (unpaired) electrons. The fourth-order valence-electron chi connectivity index (χ4n) is 3.51. The zero-order valence-electron chi connectivity index (χ0n) is 17.9. The number of fused-ring (bicyclic) bond motifs is 1. The molecule has 8 heteroatoms. The van der Waals surface area contributed by atoms with Gasteiger partial charge in [-0.2, -0.15) is 0 Å². The van der Waals surface area contributed by atoms with Gasteiger partial charge in [-0.15, -0.1) is 0 Å². The molecule has 1 unspecified atom stereocenters. The second-order valence-electron chi connectivity index (χ2n) is 7.63. The van der Waals surface area contributed by atoms with Gasteiger partial charge in [-0.1, -0.05) is 62.2 Å². The summed E-state index contributed by atoms with van der Waals surface area (Å²) < 4.78 is 7.02. The summed E-state index contributed by atoms with van der Waals surface area (Å²) >= 11 is 6.67. The van der Waals surface area contributed by atoms with Crippen molar-refractivity contribution in [1.82, 2.24) is 10.3 Å². The van der Waals surface area contributed by atoms with Crippen molar-refractivity contribution in [1.29, 1.82) is 0 Å². The van der Waals surface area contributed by atoms with Crippen molar-refractivity contribution < 1.29 is 19.1 Å². The van der Waals surface area contributed by atoms with Gasteiger partial charge in [-0.05, 0) is 48.0 Å². The zero-order valence-corrected chi connectivity index (χ0v) is 21.1. The number of aromatic nitrogens is 1. The molecule has 0 aliphatic heterocycles. The number of hydrogen-bond donors (Lipinski definition) is 2. The highest BCUT2D eigenvalue weighted by atomic mass is 79.9. The number of benzene rings is 3. The Morgan fingerprint density at radius 1 is 0.853 bits per heavy atom. The SMILES string of the molecule is O=C(COC(=O)C(Cc1c[nH]c2ccccc12)NC(=O)c1ccc(Br)cc1)c1ccc(Br)cc1. The Bertz CT molecular complexity index is 1330. The van der Waals surface area contributed by atoms with Crippen molar-refractivity contribution in [3.63, 3.8) is 0 Å². The minimum absolute atomic E-state index is 0.206. The van der Waals surface area contributed by atoms with E-state index in [9.17, 15) is 14.4 Å². The lowest BCUT2D eigenvalue weighted by atomic mass is 10.0. The molecule has 172 valence electrons. The van der Waals surface area contributed by atoms with Gasteiger partial charge in [0.2, 0.25) is 0 Å². The maximum absolute atomic E-state index is 13.0. The van der Waals surface area contributed by atoms with E-state index in [4.69, 9.17) is 4.74 Å². The molecule has 0 fully saturated rings. The molecule has 1 amide bonds. The van der Waals surface area contributed by atoms with E-state index in [1.54, 1.807) is 48.5 Å². The van der Waals surface area contributed by atoms with Gasteiger partial charge in [0.1, 0.15) is 6.04 Å². The number of H-pyrrole nitrogens is 1. The summed E-state index contributed by atoms with van der Waals surface area (Å²) in [6.45, 7) is -0.418. The van der Waals surface area contributed by atoms with E-state index < -0.39 is 24.5 Å². The zero-order chi connectivity index (χ0) is 24.1. The predicted molar refractivity (Wildman–Crippen MR) is 137 cm³/mol. The molecule has 34 heavy (non-hydrogen) atoms. The van der Waals surface area contributed by atoms with Gasteiger partial charge in [0.05, 0.1) is 0 Å². The van der Waals surface area contributed by atoms with Crippen LogP contribution in [0.15, 0.2) is 87.9 Å². The second-order valence-corrected chi connectivity index (χ2v) is 9.47. The van der Waals surface area contributed by atoms with Crippen LogP contribution >= 0.6 is 31.9 Å². The lowest BCUT2D eigenvalue weighted by molar-refractivity contribution is -0.144. The molecule has 0 bridgehead atoms. The second kappa shape index (κ2) is 10.8. The molecule has 4 aromatic rings. The van der Waals surface area contributed by atoms with Crippen molar-refractivity contribution >= 4 is 60.4 Å². The summed E-state index contributed by atoms with van der Waals surface area (Å²) in [5.41, 5.74) is 2.62. The molecule has 2 N–H and O–H groups in total. The Labute approximate surface area is 213 Å². The van der Waals surface area contributed by atoms with Crippen LogP contribution in [0.25, 0.3) is 10.9 Å². The number of carbonyl (C=O) groups excluding carboxylic acids is 3. The first-order valence-corrected chi connectivity index (χ1v) is 12.1. The maximum Gasteiger partial charge on any atom is 0.329 e. The van der Waals surface area contributed by atoms with Gasteiger partial charge < -0.3 is 15.0 Å². The third-order valence-electron chi connectivity index (χ3n) is 5.31. The van der Waals surface area contributed by atoms with Crippen LogP contribution in [0, 0.1) is 0 Å². The van der Waals surface area contributed by atoms with Gasteiger partial charge in [0.25, 0.3) is 5.91 Å². The number of rotatable bonds is 8. The van der Waals surface area contributed by atoms with Crippen molar-refractivity contribution in [3.05, 3.63) is 105 Å². The van der Waals surface area contributed by atoms with Crippen LogP contribution in [0.4, 0.5) is 0 Å².